The van der Waals surface area contributed by atoms with Gasteiger partial charge in [-0.05, 0) is 12.1 Å². The maximum Gasteiger partial charge on any atom is 0.332 e. The van der Waals surface area contributed by atoms with Crippen LogP contribution in [0.25, 0.3) is 11.2 Å². The van der Waals surface area contributed by atoms with Gasteiger partial charge in [0.05, 0.1) is 19.9 Å². The Bertz CT molecular complexity index is 1140. The van der Waals surface area contributed by atoms with E-state index in [4.69, 9.17) is 9.47 Å². The van der Waals surface area contributed by atoms with Gasteiger partial charge >= 0.3 is 5.69 Å². The highest BCUT2D eigenvalue weighted by Gasteiger charge is 2.30. The van der Waals surface area contributed by atoms with Crippen molar-refractivity contribution in [3.05, 3.63) is 39.0 Å². The van der Waals surface area contributed by atoms with Crippen molar-refractivity contribution in [2.75, 3.05) is 25.7 Å². The van der Waals surface area contributed by atoms with Crippen LogP contribution in [0.1, 0.15) is 0 Å². The minimum absolute atomic E-state index is 0.346. The molecule has 1 aliphatic rings. The van der Waals surface area contributed by atoms with Crippen molar-refractivity contribution < 1.29 is 9.47 Å². The molecule has 0 spiro atoms. The number of imidazole rings is 1. The van der Waals surface area contributed by atoms with Crippen molar-refractivity contribution in [3.63, 3.8) is 0 Å². The number of aromatic nitrogens is 4. The van der Waals surface area contributed by atoms with Crippen molar-refractivity contribution in [1.29, 1.82) is 0 Å². The molecule has 0 bridgehead atoms. The van der Waals surface area contributed by atoms with Crippen LogP contribution in [0.4, 0.5) is 11.6 Å². The zero-order valence-electron chi connectivity index (χ0n) is 15.0. The fraction of sp³-hybridized carbons (Fsp3) is 0.353. The van der Waals surface area contributed by atoms with Gasteiger partial charge in [0.25, 0.3) is 5.56 Å². The fourth-order valence-electron chi connectivity index (χ4n) is 3.39. The van der Waals surface area contributed by atoms with Gasteiger partial charge in [-0.25, -0.2) is 4.79 Å². The Labute approximate surface area is 148 Å². The first-order valence-corrected chi connectivity index (χ1v) is 8.13. The van der Waals surface area contributed by atoms with E-state index >= 15 is 0 Å². The Hall–Kier alpha value is -3.23. The van der Waals surface area contributed by atoms with E-state index in [1.807, 2.05) is 27.7 Å². The maximum absolute atomic E-state index is 12.6. The van der Waals surface area contributed by atoms with Crippen LogP contribution in [-0.2, 0) is 20.6 Å². The molecule has 0 radical (unpaired) electrons. The lowest BCUT2D eigenvalue weighted by atomic mass is 10.2. The highest BCUT2D eigenvalue weighted by atomic mass is 16.5. The first-order valence-electron chi connectivity index (χ1n) is 8.13. The lowest BCUT2D eigenvalue weighted by Crippen LogP contribution is -2.37. The van der Waals surface area contributed by atoms with Gasteiger partial charge < -0.3 is 18.9 Å². The molecule has 3 heterocycles. The lowest BCUT2D eigenvalue weighted by molar-refractivity contribution is 0.403. The molecule has 1 aromatic carbocycles. The third-order valence-corrected chi connectivity index (χ3v) is 4.79. The second-order valence-electron chi connectivity index (χ2n) is 6.13. The summed E-state index contributed by atoms with van der Waals surface area (Å²) in [6.45, 7) is 1.22. The average molecular weight is 357 g/mol. The van der Waals surface area contributed by atoms with Crippen molar-refractivity contribution in [1.82, 2.24) is 18.7 Å². The third kappa shape index (κ3) is 2.06. The molecule has 9 heteroatoms. The summed E-state index contributed by atoms with van der Waals surface area (Å²) in [7, 11) is 6.29. The number of anilines is 2. The minimum Gasteiger partial charge on any atom is -0.497 e. The van der Waals surface area contributed by atoms with Crippen molar-refractivity contribution >= 4 is 22.8 Å². The number of rotatable bonds is 3. The van der Waals surface area contributed by atoms with Gasteiger partial charge in [-0.3, -0.25) is 13.9 Å². The van der Waals surface area contributed by atoms with E-state index in [0.29, 0.717) is 41.7 Å². The molecule has 0 atom stereocenters. The van der Waals surface area contributed by atoms with Crippen LogP contribution in [0.5, 0.6) is 11.5 Å². The summed E-state index contributed by atoms with van der Waals surface area (Å²) in [5, 5.41) is 0. The molecule has 0 N–H and O–H groups in total. The smallest absolute Gasteiger partial charge is 0.332 e. The largest absolute Gasteiger partial charge is 0.497 e. The molecular weight excluding hydrogens is 338 g/mol. The monoisotopic (exact) mass is 357 g/mol. The predicted molar refractivity (Wildman–Crippen MR) is 96.8 cm³/mol. The zero-order chi connectivity index (χ0) is 18.6. The molecule has 0 unspecified atom stereocenters. The summed E-state index contributed by atoms with van der Waals surface area (Å²) >= 11 is 0. The first-order chi connectivity index (χ1) is 12.5. The Balaban J connectivity index is 1.98. The van der Waals surface area contributed by atoms with E-state index in [1.165, 1.54) is 11.6 Å². The molecule has 2 aromatic heterocycles. The van der Waals surface area contributed by atoms with Gasteiger partial charge in [-0.15, -0.1) is 0 Å². The van der Waals surface area contributed by atoms with E-state index < -0.39 is 5.69 Å². The summed E-state index contributed by atoms with van der Waals surface area (Å²) in [5.74, 6) is 1.97. The van der Waals surface area contributed by atoms with Crippen LogP contribution >= 0.6 is 0 Å². The fourth-order valence-corrected chi connectivity index (χ4v) is 3.39. The van der Waals surface area contributed by atoms with Crippen molar-refractivity contribution in [3.8, 4) is 11.5 Å². The van der Waals surface area contributed by atoms with E-state index in [0.717, 1.165) is 10.3 Å². The summed E-state index contributed by atoms with van der Waals surface area (Å²) in [6.07, 6.45) is 0. The molecule has 0 fully saturated rings. The Morgan fingerprint density at radius 3 is 2.50 bits per heavy atom. The summed E-state index contributed by atoms with van der Waals surface area (Å²) in [5.41, 5.74) is 0.849. The minimum atomic E-state index is -0.398. The number of fused-ring (bicyclic) bond motifs is 3. The lowest BCUT2D eigenvalue weighted by Gasteiger charge is -2.19. The Morgan fingerprint density at radius 1 is 1.04 bits per heavy atom. The number of aryl methyl sites for hydroxylation is 1. The first kappa shape index (κ1) is 16.2. The third-order valence-electron chi connectivity index (χ3n) is 4.79. The highest BCUT2D eigenvalue weighted by molar-refractivity contribution is 5.79. The van der Waals surface area contributed by atoms with Gasteiger partial charge in [0.1, 0.15) is 11.5 Å². The van der Waals surface area contributed by atoms with Gasteiger partial charge in [0.2, 0.25) is 5.95 Å². The van der Waals surface area contributed by atoms with Crippen molar-refractivity contribution in [2.45, 2.75) is 6.54 Å². The quantitative estimate of drug-likeness (QED) is 0.683. The van der Waals surface area contributed by atoms with Crippen LogP contribution in [-0.4, -0.2) is 39.4 Å². The van der Waals surface area contributed by atoms with E-state index in [1.54, 1.807) is 21.3 Å². The molecule has 0 aliphatic carbocycles. The van der Waals surface area contributed by atoms with E-state index in [2.05, 4.69) is 4.98 Å². The average Bonchev–Trinajstić information content (AvgIpc) is 3.23. The second kappa shape index (κ2) is 5.65. The summed E-state index contributed by atoms with van der Waals surface area (Å²) in [4.78, 5) is 31.4. The predicted octanol–water partition coefficient (Wildman–Crippen LogP) is 0.603. The van der Waals surface area contributed by atoms with Gasteiger partial charge in [0, 0.05) is 33.3 Å². The zero-order valence-corrected chi connectivity index (χ0v) is 15.0. The number of benzene rings is 1. The SMILES string of the molecule is COc1ccc(OC)c(N2CCn3c2nc2c3c(=O)n(C)c(=O)n2C)c1. The van der Waals surface area contributed by atoms with Gasteiger partial charge in [0.15, 0.2) is 11.2 Å². The number of methoxy groups -OCH3 is 2. The van der Waals surface area contributed by atoms with Crippen LogP contribution in [0.3, 0.4) is 0 Å². The molecule has 9 nitrogen and oxygen atoms in total. The number of nitrogens with zero attached hydrogens (tertiary/aromatic N) is 5. The summed E-state index contributed by atoms with van der Waals surface area (Å²) < 4.78 is 15.1. The molecular formula is C17H19N5O4. The Kier molecular flexibility index (Phi) is 3.53. The number of hydrogen-bond acceptors (Lipinski definition) is 6. The standard InChI is InChI=1S/C17H19N5O4/c1-19-14-13(15(23)20(2)17(19)24)22-8-7-21(16(22)18-14)11-9-10(25-3)5-6-12(11)26-4/h5-6,9H,7-8H2,1-4H3. The molecule has 0 saturated carbocycles. The van der Waals surface area contributed by atoms with Crippen LogP contribution in [0, 0.1) is 0 Å². The van der Waals surface area contributed by atoms with Crippen LogP contribution in [0.15, 0.2) is 27.8 Å². The number of hydrogen-bond donors (Lipinski definition) is 0. The van der Waals surface area contributed by atoms with Crippen molar-refractivity contribution in [2.24, 2.45) is 14.1 Å². The van der Waals surface area contributed by atoms with Crippen LogP contribution in [0.2, 0.25) is 0 Å². The second-order valence-corrected chi connectivity index (χ2v) is 6.13. The molecule has 0 saturated heterocycles. The molecule has 0 amide bonds. The highest BCUT2D eigenvalue weighted by Crippen LogP contribution is 2.39. The molecule has 26 heavy (non-hydrogen) atoms. The van der Waals surface area contributed by atoms with Gasteiger partial charge in [-0.1, -0.05) is 0 Å². The molecule has 3 aromatic rings. The van der Waals surface area contributed by atoms with E-state index in [9.17, 15) is 9.59 Å². The molecule has 1 aliphatic heterocycles. The molecule has 4 rings (SSSR count). The normalized spacial score (nSPS) is 13.3. The van der Waals surface area contributed by atoms with Gasteiger partial charge in [-0.2, -0.15) is 4.98 Å². The van der Waals surface area contributed by atoms with Crippen LogP contribution < -0.4 is 25.6 Å². The van der Waals surface area contributed by atoms with E-state index in [-0.39, 0.29) is 5.56 Å². The Morgan fingerprint density at radius 2 is 1.81 bits per heavy atom. The number of ether oxygens (including phenoxy) is 2. The summed E-state index contributed by atoms with van der Waals surface area (Å²) in [6, 6.07) is 5.51. The molecule has 136 valence electrons. The maximum atomic E-state index is 12.6. The topological polar surface area (TPSA) is 83.5 Å².